The molecule has 3 atom stereocenters. The van der Waals surface area contributed by atoms with Gasteiger partial charge in [0.1, 0.15) is 17.6 Å². The lowest BCUT2D eigenvalue weighted by molar-refractivity contribution is -0.139. The van der Waals surface area contributed by atoms with E-state index in [2.05, 4.69) is 6.92 Å². The van der Waals surface area contributed by atoms with Crippen molar-refractivity contribution < 1.29 is 35.1 Å². The molecule has 0 saturated heterocycles. The van der Waals surface area contributed by atoms with Gasteiger partial charge in [0.05, 0.1) is 12.0 Å². The molecular formula is C25H32O7. The SMILES string of the molecule is CCCCCCCCC(C(=O)O)c1cc(O)cc2c1C[C@H](O)C(c1ccc(O)c(O)c1)O2. The molecule has 0 aromatic heterocycles. The van der Waals surface area contributed by atoms with E-state index in [4.69, 9.17) is 4.74 Å². The van der Waals surface area contributed by atoms with Crippen molar-refractivity contribution in [2.45, 2.75) is 76.4 Å². The first-order chi connectivity index (χ1) is 15.3. The Morgan fingerprint density at radius 3 is 2.44 bits per heavy atom. The summed E-state index contributed by atoms with van der Waals surface area (Å²) in [5.74, 6) is -2.16. The van der Waals surface area contributed by atoms with Gasteiger partial charge >= 0.3 is 5.97 Å². The number of aliphatic hydroxyl groups excluding tert-OH is 1. The molecule has 0 amide bonds. The van der Waals surface area contributed by atoms with E-state index >= 15 is 0 Å². The standard InChI is InChI=1S/C25H32O7/c1-2-3-4-5-6-7-8-17(25(30)31)18-12-16(26)13-23-19(18)14-22(29)24(32-23)15-9-10-20(27)21(28)11-15/h9-13,17,22,24,26-29H,2-8,14H2,1H3,(H,30,31)/t17?,22-,24?/m0/s1. The van der Waals surface area contributed by atoms with Crippen molar-refractivity contribution in [3.05, 3.63) is 47.0 Å². The van der Waals surface area contributed by atoms with Crippen LogP contribution in [-0.2, 0) is 11.2 Å². The number of aromatic hydroxyl groups is 3. The lowest BCUT2D eigenvalue weighted by atomic mass is 9.84. The van der Waals surface area contributed by atoms with Gasteiger partial charge in [0, 0.05) is 18.1 Å². The molecule has 0 aliphatic carbocycles. The van der Waals surface area contributed by atoms with Crippen molar-refractivity contribution in [3.63, 3.8) is 0 Å². The number of phenolic OH excluding ortho intramolecular Hbond substituents is 3. The topological polar surface area (TPSA) is 127 Å². The second kappa shape index (κ2) is 10.6. The van der Waals surface area contributed by atoms with Crippen molar-refractivity contribution in [1.29, 1.82) is 0 Å². The first kappa shape index (κ1) is 23.7. The van der Waals surface area contributed by atoms with E-state index in [1.54, 1.807) is 0 Å². The summed E-state index contributed by atoms with van der Waals surface area (Å²) in [6.07, 6.45) is 5.05. The predicted octanol–water partition coefficient (Wildman–Crippen LogP) is 4.76. The number of hydrogen-bond donors (Lipinski definition) is 5. The monoisotopic (exact) mass is 444 g/mol. The molecule has 7 heteroatoms. The summed E-state index contributed by atoms with van der Waals surface area (Å²) in [4.78, 5) is 12.1. The Morgan fingerprint density at radius 1 is 1.03 bits per heavy atom. The number of benzene rings is 2. The quantitative estimate of drug-likeness (QED) is 0.264. The Morgan fingerprint density at radius 2 is 1.75 bits per heavy atom. The highest BCUT2D eigenvalue weighted by molar-refractivity contribution is 5.77. The summed E-state index contributed by atoms with van der Waals surface area (Å²) in [6.45, 7) is 2.15. The third-order valence-electron chi connectivity index (χ3n) is 6.09. The zero-order chi connectivity index (χ0) is 23.3. The molecule has 2 aromatic carbocycles. The van der Waals surface area contributed by atoms with Crippen LogP contribution in [-0.4, -0.2) is 37.6 Å². The van der Waals surface area contributed by atoms with Gasteiger partial charge in [-0.25, -0.2) is 0 Å². The van der Waals surface area contributed by atoms with Gasteiger partial charge in [-0.1, -0.05) is 51.5 Å². The largest absolute Gasteiger partial charge is 0.508 e. The van der Waals surface area contributed by atoms with E-state index in [1.165, 1.54) is 36.8 Å². The molecular weight excluding hydrogens is 412 g/mol. The molecule has 7 nitrogen and oxygen atoms in total. The second-order valence-electron chi connectivity index (χ2n) is 8.52. The van der Waals surface area contributed by atoms with Crippen LogP contribution in [0.4, 0.5) is 0 Å². The van der Waals surface area contributed by atoms with E-state index in [0.29, 0.717) is 28.9 Å². The van der Waals surface area contributed by atoms with E-state index < -0.39 is 24.1 Å². The van der Waals surface area contributed by atoms with Crippen molar-refractivity contribution in [3.8, 4) is 23.0 Å². The zero-order valence-corrected chi connectivity index (χ0v) is 18.3. The number of carboxylic acids is 1. The Hall–Kier alpha value is -2.93. The highest BCUT2D eigenvalue weighted by Gasteiger charge is 2.35. The minimum Gasteiger partial charge on any atom is -0.508 e. The Balaban J connectivity index is 1.83. The fourth-order valence-electron chi connectivity index (χ4n) is 4.37. The van der Waals surface area contributed by atoms with E-state index in [9.17, 15) is 30.3 Å². The van der Waals surface area contributed by atoms with Crippen molar-refractivity contribution in [1.82, 2.24) is 0 Å². The molecule has 0 fully saturated rings. The van der Waals surface area contributed by atoms with Crippen LogP contribution in [0.3, 0.4) is 0 Å². The number of fused-ring (bicyclic) bond motifs is 1. The number of carbonyl (C=O) groups is 1. The van der Waals surface area contributed by atoms with Gasteiger partial charge in [-0.15, -0.1) is 0 Å². The molecule has 2 unspecified atom stereocenters. The number of aliphatic carboxylic acids is 1. The maximum atomic E-state index is 12.1. The Bertz CT molecular complexity index is 940. The van der Waals surface area contributed by atoms with Crippen LogP contribution < -0.4 is 4.74 Å². The normalized spacial score (nSPS) is 18.6. The lowest BCUT2D eigenvalue weighted by Crippen LogP contribution is -2.31. The van der Waals surface area contributed by atoms with Crippen LogP contribution in [0.25, 0.3) is 0 Å². The van der Waals surface area contributed by atoms with Crippen molar-refractivity contribution in [2.24, 2.45) is 0 Å². The molecule has 0 radical (unpaired) electrons. The van der Waals surface area contributed by atoms with Gasteiger partial charge in [-0.2, -0.15) is 0 Å². The van der Waals surface area contributed by atoms with E-state index in [1.807, 2.05) is 0 Å². The number of aliphatic hydroxyl groups is 1. The van der Waals surface area contributed by atoms with Crippen LogP contribution in [0.1, 0.15) is 80.6 Å². The number of phenols is 3. The van der Waals surface area contributed by atoms with Crippen LogP contribution in [0, 0.1) is 0 Å². The van der Waals surface area contributed by atoms with Gasteiger partial charge in [-0.3, -0.25) is 4.79 Å². The number of hydrogen-bond acceptors (Lipinski definition) is 6. The van der Waals surface area contributed by atoms with Gasteiger partial charge in [0.2, 0.25) is 0 Å². The maximum absolute atomic E-state index is 12.1. The summed E-state index contributed by atoms with van der Waals surface area (Å²) in [7, 11) is 0. The zero-order valence-electron chi connectivity index (χ0n) is 18.3. The fourth-order valence-corrected chi connectivity index (χ4v) is 4.37. The van der Waals surface area contributed by atoms with E-state index in [0.717, 1.165) is 32.1 Å². The Kier molecular flexibility index (Phi) is 7.85. The number of unbranched alkanes of at least 4 members (excludes halogenated alkanes) is 5. The minimum atomic E-state index is -0.988. The third-order valence-corrected chi connectivity index (χ3v) is 6.09. The third kappa shape index (κ3) is 5.46. The first-order valence-corrected chi connectivity index (χ1v) is 11.3. The number of ether oxygens (including phenoxy) is 1. The Labute approximate surface area is 187 Å². The number of carboxylic acid groups (broad SMARTS) is 1. The van der Waals surface area contributed by atoms with Gasteiger partial charge < -0.3 is 30.3 Å². The summed E-state index contributed by atoms with van der Waals surface area (Å²) in [5.41, 5.74) is 1.50. The molecule has 3 rings (SSSR count). The predicted molar refractivity (Wildman–Crippen MR) is 119 cm³/mol. The van der Waals surface area contributed by atoms with E-state index in [-0.39, 0.29) is 23.7 Å². The van der Waals surface area contributed by atoms with Gasteiger partial charge in [0.25, 0.3) is 0 Å². The summed E-state index contributed by atoms with van der Waals surface area (Å²) >= 11 is 0. The second-order valence-corrected chi connectivity index (χ2v) is 8.52. The minimum absolute atomic E-state index is 0.100. The van der Waals surface area contributed by atoms with Crippen LogP contribution in [0.15, 0.2) is 30.3 Å². The average molecular weight is 445 g/mol. The van der Waals surface area contributed by atoms with Crippen LogP contribution in [0.2, 0.25) is 0 Å². The highest BCUT2D eigenvalue weighted by atomic mass is 16.5. The molecule has 5 N–H and O–H groups in total. The van der Waals surface area contributed by atoms with Crippen LogP contribution >= 0.6 is 0 Å². The molecule has 1 aliphatic rings. The molecule has 174 valence electrons. The summed E-state index contributed by atoms with van der Waals surface area (Å²) in [5, 5.41) is 50.2. The van der Waals surface area contributed by atoms with Gasteiger partial charge in [0.15, 0.2) is 11.5 Å². The molecule has 1 heterocycles. The lowest BCUT2D eigenvalue weighted by Gasteiger charge is -2.33. The maximum Gasteiger partial charge on any atom is 0.310 e. The molecule has 2 aromatic rings. The molecule has 32 heavy (non-hydrogen) atoms. The average Bonchev–Trinajstić information content (AvgIpc) is 2.74. The molecule has 0 bridgehead atoms. The highest BCUT2D eigenvalue weighted by Crippen LogP contribution is 2.43. The smallest absolute Gasteiger partial charge is 0.310 e. The summed E-state index contributed by atoms with van der Waals surface area (Å²) < 4.78 is 5.95. The summed E-state index contributed by atoms with van der Waals surface area (Å²) in [6, 6.07) is 7.04. The van der Waals surface area contributed by atoms with Crippen LogP contribution in [0.5, 0.6) is 23.0 Å². The first-order valence-electron chi connectivity index (χ1n) is 11.3. The molecule has 0 saturated carbocycles. The van der Waals surface area contributed by atoms with Crippen molar-refractivity contribution in [2.75, 3.05) is 0 Å². The molecule has 1 aliphatic heterocycles. The number of rotatable bonds is 10. The fraction of sp³-hybridized carbons (Fsp3) is 0.480. The van der Waals surface area contributed by atoms with Gasteiger partial charge in [-0.05, 0) is 35.7 Å². The molecule has 0 spiro atoms. The van der Waals surface area contributed by atoms with Crippen molar-refractivity contribution >= 4 is 5.97 Å².